The summed E-state index contributed by atoms with van der Waals surface area (Å²) >= 11 is 0. The van der Waals surface area contributed by atoms with Gasteiger partial charge in [0.05, 0.1) is 24.4 Å². The van der Waals surface area contributed by atoms with Gasteiger partial charge in [-0.3, -0.25) is 4.79 Å². The summed E-state index contributed by atoms with van der Waals surface area (Å²) < 4.78 is 33.4. The summed E-state index contributed by atoms with van der Waals surface area (Å²) in [6.45, 7) is 9.20. The highest BCUT2D eigenvalue weighted by molar-refractivity contribution is 6.12. The van der Waals surface area contributed by atoms with Gasteiger partial charge < -0.3 is 24.1 Å². The third kappa shape index (κ3) is 8.64. The molecule has 0 radical (unpaired) electrons. The number of hydrogen-bond donors (Lipinski definition) is 1. The van der Waals surface area contributed by atoms with E-state index in [0.717, 1.165) is 33.6 Å². The van der Waals surface area contributed by atoms with Gasteiger partial charge in [0.1, 0.15) is 18.2 Å². The van der Waals surface area contributed by atoms with Crippen LogP contribution in [0.3, 0.4) is 0 Å². The molecule has 0 spiro atoms. The van der Waals surface area contributed by atoms with Gasteiger partial charge in [-0.1, -0.05) is 74.5 Å². The average Bonchev–Trinajstić information content (AvgIpc) is 3.45. The van der Waals surface area contributed by atoms with Crippen molar-refractivity contribution >= 4 is 17.6 Å². The summed E-state index contributed by atoms with van der Waals surface area (Å²) in [5.74, 6) is -0.303. The molecule has 0 saturated carbocycles. The number of amides is 1. The maximum absolute atomic E-state index is 14.3. The van der Waals surface area contributed by atoms with Crippen LogP contribution in [0, 0.1) is 5.82 Å². The number of anilines is 1. The maximum atomic E-state index is 14.3. The first-order valence-electron chi connectivity index (χ1n) is 16.7. The predicted molar refractivity (Wildman–Crippen MR) is 191 cm³/mol. The molecule has 1 atom stereocenters. The molecule has 0 bridgehead atoms. The number of carbonyl (C=O) groups excluding carboxylic acids is 2. The smallest absolute Gasteiger partial charge is 0.335 e. The Morgan fingerprint density at radius 2 is 1.45 bits per heavy atom. The molecule has 0 fully saturated rings. The van der Waals surface area contributed by atoms with Crippen LogP contribution in [0.1, 0.15) is 55.2 Å². The third-order valence-corrected chi connectivity index (χ3v) is 8.13. The van der Waals surface area contributed by atoms with Crippen molar-refractivity contribution in [1.29, 1.82) is 0 Å². The standard InChI is InChI=1S/C41H43FN2O5/c1-5-47-35(41(46)48-6-2)27-29-17-23-34(24-18-29)49-26-25-44-38(28(3)4)37(40(45)43-33-15-11-8-12-16-33)36(30-13-9-7-10-14-30)39(44)31-19-21-32(42)22-20-31/h7-24,28,35H,5-6,25-27H2,1-4H3,(H,43,45). The molecular formula is C41H43FN2O5. The molecule has 8 heteroatoms. The molecule has 0 aliphatic heterocycles. The number of carbonyl (C=O) groups is 2. The highest BCUT2D eigenvalue weighted by Crippen LogP contribution is 2.42. The van der Waals surface area contributed by atoms with E-state index in [9.17, 15) is 14.0 Å². The van der Waals surface area contributed by atoms with E-state index in [1.54, 1.807) is 19.1 Å². The van der Waals surface area contributed by atoms with Gasteiger partial charge in [-0.25, -0.2) is 9.18 Å². The lowest BCUT2D eigenvalue weighted by molar-refractivity contribution is -0.156. The fraction of sp³-hybridized carbons (Fsp3) is 0.268. The fourth-order valence-corrected chi connectivity index (χ4v) is 6.05. The van der Waals surface area contributed by atoms with Crippen LogP contribution in [-0.2, 0) is 27.2 Å². The second-order valence-electron chi connectivity index (χ2n) is 11.9. The Hall–Kier alpha value is -5.21. The van der Waals surface area contributed by atoms with Crippen LogP contribution in [0.4, 0.5) is 10.1 Å². The summed E-state index contributed by atoms with van der Waals surface area (Å²) in [5, 5.41) is 3.11. The molecule has 1 amide bonds. The van der Waals surface area contributed by atoms with Gasteiger partial charge in [0.15, 0.2) is 6.10 Å². The number of nitrogens with one attached hydrogen (secondary N) is 1. The van der Waals surface area contributed by atoms with Gasteiger partial charge in [-0.15, -0.1) is 0 Å². The Balaban J connectivity index is 1.50. The first-order valence-corrected chi connectivity index (χ1v) is 16.7. The lowest BCUT2D eigenvalue weighted by Crippen LogP contribution is -2.28. The quantitative estimate of drug-likeness (QED) is 0.113. The van der Waals surface area contributed by atoms with Crippen LogP contribution in [-0.4, -0.2) is 42.4 Å². The molecule has 49 heavy (non-hydrogen) atoms. The van der Waals surface area contributed by atoms with E-state index in [0.29, 0.717) is 49.8 Å². The molecule has 1 aromatic heterocycles. The zero-order valence-electron chi connectivity index (χ0n) is 28.4. The van der Waals surface area contributed by atoms with E-state index in [-0.39, 0.29) is 23.6 Å². The summed E-state index contributed by atoms with van der Waals surface area (Å²) in [6.07, 6.45) is -0.276. The Bertz CT molecular complexity index is 1820. The molecule has 1 heterocycles. The van der Waals surface area contributed by atoms with E-state index in [2.05, 4.69) is 23.7 Å². The van der Waals surface area contributed by atoms with Crippen LogP contribution < -0.4 is 10.1 Å². The minimum Gasteiger partial charge on any atom is -0.492 e. The number of esters is 1. The molecule has 0 saturated heterocycles. The Kier molecular flexibility index (Phi) is 12.0. The largest absolute Gasteiger partial charge is 0.492 e. The molecular weight excluding hydrogens is 619 g/mol. The number of ether oxygens (including phenoxy) is 3. The van der Waals surface area contributed by atoms with Gasteiger partial charge in [-0.2, -0.15) is 0 Å². The first kappa shape index (κ1) is 35.1. The van der Waals surface area contributed by atoms with Crippen molar-refractivity contribution in [2.45, 2.75) is 52.7 Å². The predicted octanol–water partition coefficient (Wildman–Crippen LogP) is 8.93. The molecule has 0 aliphatic rings. The van der Waals surface area contributed by atoms with Crippen molar-refractivity contribution in [3.63, 3.8) is 0 Å². The maximum Gasteiger partial charge on any atom is 0.335 e. The van der Waals surface area contributed by atoms with Crippen LogP contribution in [0.2, 0.25) is 0 Å². The fourth-order valence-electron chi connectivity index (χ4n) is 6.05. The number of para-hydroxylation sites is 1. The lowest BCUT2D eigenvalue weighted by atomic mass is 9.94. The number of halogens is 1. The van der Waals surface area contributed by atoms with Crippen molar-refractivity contribution in [2.75, 3.05) is 25.1 Å². The molecule has 1 unspecified atom stereocenters. The van der Waals surface area contributed by atoms with Gasteiger partial charge in [-0.05, 0) is 85.0 Å². The SMILES string of the molecule is CCOC(=O)C(Cc1ccc(OCCn2c(-c3ccc(F)cc3)c(-c3ccccc3)c(C(=O)Nc3ccccc3)c2C(C)C)cc1)OCC. The average molecular weight is 663 g/mol. The van der Waals surface area contributed by atoms with Crippen LogP contribution in [0.5, 0.6) is 5.75 Å². The topological polar surface area (TPSA) is 78.8 Å². The van der Waals surface area contributed by atoms with Crippen molar-refractivity contribution in [3.8, 4) is 28.1 Å². The van der Waals surface area contributed by atoms with Crippen molar-refractivity contribution in [1.82, 2.24) is 4.57 Å². The van der Waals surface area contributed by atoms with Crippen molar-refractivity contribution in [2.24, 2.45) is 0 Å². The van der Waals surface area contributed by atoms with Crippen LogP contribution >= 0.6 is 0 Å². The zero-order chi connectivity index (χ0) is 34.8. The minimum absolute atomic E-state index is 0.0369. The van der Waals surface area contributed by atoms with E-state index in [1.807, 2.05) is 91.9 Å². The first-order chi connectivity index (χ1) is 23.8. The van der Waals surface area contributed by atoms with Crippen LogP contribution in [0.15, 0.2) is 109 Å². The van der Waals surface area contributed by atoms with E-state index in [1.165, 1.54) is 12.1 Å². The van der Waals surface area contributed by atoms with Gasteiger partial charge >= 0.3 is 5.97 Å². The highest BCUT2D eigenvalue weighted by Gasteiger charge is 2.30. The molecule has 254 valence electrons. The Morgan fingerprint density at radius 3 is 2.06 bits per heavy atom. The molecule has 4 aromatic carbocycles. The highest BCUT2D eigenvalue weighted by atomic mass is 19.1. The van der Waals surface area contributed by atoms with Crippen molar-refractivity contribution < 1.29 is 28.2 Å². The van der Waals surface area contributed by atoms with Crippen molar-refractivity contribution in [3.05, 3.63) is 132 Å². The summed E-state index contributed by atoms with van der Waals surface area (Å²) in [7, 11) is 0. The summed E-state index contributed by atoms with van der Waals surface area (Å²) in [5.41, 5.74) is 6.30. The third-order valence-electron chi connectivity index (χ3n) is 8.13. The van der Waals surface area contributed by atoms with E-state index < -0.39 is 6.10 Å². The summed E-state index contributed by atoms with van der Waals surface area (Å²) in [4.78, 5) is 26.6. The normalized spacial score (nSPS) is 11.7. The molecule has 7 nitrogen and oxygen atoms in total. The molecule has 1 N–H and O–H groups in total. The molecule has 5 aromatic rings. The number of rotatable bonds is 15. The monoisotopic (exact) mass is 662 g/mol. The molecule has 0 aliphatic carbocycles. The summed E-state index contributed by atoms with van der Waals surface area (Å²) in [6, 6.07) is 33.2. The Labute approximate surface area is 287 Å². The number of benzene rings is 4. The Morgan fingerprint density at radius 1 is 0.796 bits per heavy atom. The number of nitrogens with zero attached hydrogens (tertiary/aromatic N) is 1. The van der Waals surface area contributed by atoms with E-state index >= 15 is 0 Å². The van der Waals surface area contributed by atoms with Gasteiger partial charge in [0, 0.05) is 30.0 Å². The van der Waals surface area contributed by atoms with Gasteiger partial charge in [0.2, 0.25) is 0 Å². The second kappa shape index (κ2) is 16.8. The van der Waals surface area contributed by atoms with Crippen LogP contribution in [0.25, 0.3) is 22.4 Å². The lowest BCUT2D eigenvalue weighted by Gasteiger charge is -2.18. The number of hydrogen-bond acceptors (Lipinski definition) is 5. The number of aromatic nitrogens is 1. The zero-order valence-corrected chi connectivity index (χ0v) is 28.4. The minimum atomic E-state index is -0.670. The van der Waals surface area contributed by atoms with E-state index in [4.69, 9.17) is 14.2 Å². The molecule has 5 rings (SSSR count). The van der Waals surface area contributed by atoms with Gasteiger partial charge in [0.25, 0.3) is 5.91 Å². The second-order valence-corrected chi connectivity index (χ2v) is 11.9.